The van der Waals surface area contributed by atoms with Gasteiger partial charge in [0, 0.05) is 16.3 Å². The van der Waals surface area contributed by atoms with E-state index in [4.69, 9.17) is 4.74 Å². The number of benzene rings is 2. The van der Waals surface area contributed by atoms with Crippen LogP contribution in [0.2, 0.25) is 0 Å². The molecule has 0 aliphatic carbocycles. The number of carbonyl (C=O) groups excluding carboxylic acids is 2. The number of hydrogen-bond donors (Lipinski definition) is 2. The molecule has 2 rings (SSSR count). The van der Waals surface area contributed by atoms with Crippen LogP contribution in [0.3, 0.4) is 0 Å². The molecule has 7 nitrogen and oxygen atoms in total. The lowest BCUT2D eigenvalue weighted by Crippen LogP contribution is -2.21. The third-order valence-corrected chi connectivity index (χ3v) is 4.43. The van der Waals surface area contributed by atoms with Crippen LogP contribution in [0.5, 0.6) is 0 Å². The second kappa shape index (κ2) is 9.51. The molecule has 0 spiro atoms. The number of carbonyl (C=O) groups is 2. The summed E-state index contributed by atoms with van der Waals surface area (Å²) in [5.41, 5.74) is 0.608. The van der Waals surface area contributed by atoms with E-state index in [9.17, 15) is 26.8 Å². The molecular weight excluding hydrogens is 414 g/mol. The molecule has 0 unspecified atom stereocenters. The minimum Gasteiger partial charge on any atom is -0.452 e. The Morgan fingerprint density at radius 3 is 2.39 bits per heavy atom. The van der Waals surface area contributed by atoms with Crippen LogP contribution in [0.15, 0.2) is 53.4 Å². The molecule has 1 amide bonds. The highest BCUT2D eigenvalue weighted by Gasteiger charge is 2.12. The van der Waals surface area contributed by atoms with Crippen molar-refractivity contribution in [3.05, 3.63) is 54.1 Å². The van der Waals surface area contributed by atoms with Crippen molar-refractivity contribution in [3.8, 4) is 0 Å². The molecule has 150 valence electrons. The second-order valence-electron chi connectivity index (χ2n) is 5.48. The number of anilines is 2. The Morgan fingerprint density at radius 1 is 1.11 bits per heavy atom. The zero-order chi connectivity index (χ0) is 20.7. The van der Waals surface area contributed by atoms with E-state index in [0.29, 0.717) is 22.3 Å². The fourth-order valence-corrected chi connectivity index (χ4v) is 3.11. The average molecular weight is 430 g/mol. The Labute approximate surface area is 164 Å². The molecule has 0 heterocycles. The van der Waals surface area contributed by atoms with E-state index >= 15 is 0 Å². The minimum absolute atomic E-state index is 0.0647. The number of amides is 1. The van der Waals surface area contributed by atoms with Crippen molar-refractivity contribution < 1.29 is 31.5 Å². The molecule has 2 aromatic carbocycles. The molecule has 28 heavy (non-hydrogen) atoms. The number of esters is 1. The van der Waals surface area contributed by atoms with E-state index in [0.717, 1.165) is 6.26 Å². The van der Waals surface area contributed by atoms with Crippen LogP contribution in [-0.2, 0) is 19.6 Å². The van der Waals surface area contributed by atoms with Gasteiger partial charge in [-0.15, -0.1) is 0 Å². The van der Waals surface area contributed by atoms with Crippen molar-refractivity contribution in [1.29, 1.82) is 0 Å². The molecular formula is C17H16F2N2O5S2. The lowest BCUT2D eigenvalue weighted by Gasteiger charge is -2.09. The molecule has 0 radical (unpaired) electrons. The van der Waals surface area contributed by atoms with Crippen molar-refractivity contribution in [3.63, 3.8) is 0 Å². The number of halogens is 2. The predicted octanol–water partition coefficient (Wildman–Crippen LogP) is 3.17. The normalized spacial score (nSPS) is 11.1. The molecule has 11 heteroatoms. The van der Waals surface area contributed by atoms with Gasteiger partial charge in [0.15, 0.2) is 6.61 Å². The highest BCUT2D eigenvalue weighted by molar-refractivity contribution is 7.99. The van der Waals surface area contributed by atoms with Gasteiger partial charge in [0.2, 0.25) is 10.0 Å². The summed E-state index contributed by atoms with van der Waals surface area (Å²) in [6.07, 6.45) is 0.973. The number of hydrogen-bond acceptors (Lipinski definition) is 6. The molecule has 0 aromatic heterocycles. The van der Waals surface area contributed by atoms with Crippen LogP contribution in [0.25, 0.3) is 0 Å². The standard InChI is InChI=1S/C17H16F2N2O5S2/c1-28(24,25)21-13-4-2-3-11(9-13)16(23)26-10-15(22)20-12-5-7-14(8-6-12)27-17(18)19/h2-9,17,21H,10H2,1H3,(H,20,22). The number of sulfonamides is 1. The van der Waals surface area contributed by atoms with E-state index in [1.807, 2.05) is 0 Å². The van der Waals surface area contributed by atoms with Gasteiger partial charge in [0.25, 0.3) is 11.7 Å². The summed E-state index contributed by atoms with van der Waals surface area (Å²) in [6, 6.07) is 11.4. The molecule has 0 saturated heterocycles. The molecule has 0 saturated carbocycles. The van der Waals surface area contributed by atoms with Crippen LogP contribution < -0.4 is 10.0 Å². The Hall–Kier alpha value is -2.66. The highest BCUT2D eigenvalue weighted by atomic mass is 32.2. The van der Waals surface area contributed by atoms with E-state index < -0.39 is 34.3 Å². The molecule has 2 aromatic rings. The Morgan fingerprint density at radius 2 is 1.79 bits per heavy atom. The third kappa shape index (κ3) is 7.53. The van der Waals surface area contributed by atoms with Crippen molar-refractivity contribution >= 4 is 45.0 Å². The smallest absolute Gasteiger partial charge is 0.338 e. The largest absolute Gasteiger partial charge is 0.452 e. The minimum atomic E-state index is -3.50. The van der Waals surface area contributed by atoms with Crippen molar-refractivity contribution in [2.24, 2.45) is 0 Å². The first-order valence-corrected chi connectivity index (χ1v) is 10.5. The summed E-state index contributed by atoms with van der Waals surface area (Å²) < 4.78 is 54.1. The van der Waals surface area contributed by atoms with Gasteiger partial charge >= 0.3 is 5.97 Å². The van der Waals surface area contributed by atoms with Gasteiger partial charge in [0.1, 0.15) is 0 Å². The van der Waals surface area contributed by atoms with Gasteiger partial charge in [0.05, 0.1) is 11.8 Å². The lowest BCUT2D eigenvalue weighted by molar-refractivity contribution is -0.119. The SMILES string of the molecule is CS(=O)(=O)Nc1cccc(C(=O)OCC(=O)Nc2ccc(SC(F)F)cc2)c1. The second-order valence-corrected chi connectivity index (χ2v) is 8.29. The van der Waals surface area contributed by atoms with Crippen LogP contribution in [0.1, 0.15) is 10.4 Å². The van der Waals surface area contributed by atoms with Gasteiger partial charge < -0.3 is 10.1 Å². The van der Waals surface area contributed by atoms with Gasteiger partial charge in [-0.25, -0.2) is 13.2 Å². The molecule has 0 aliphatic rings. The van der Waals surface area contributed by atoms with Gasteiger partial charge in [-0.2, -0.15) is 8.78 Å². The van der Waals surface area contributed by atoms with Crippen molar-refractivity contribution in [1.82, 2.24) is 0 Å². The first-order chi connectivity index (χ1) is 13.1. The quantitative estimate of drug-likeness (QED) is 0.493. The molecule has 2 N–H and O–H groups in total. The Bertz CT molecular complexity index is 950. The van der Waals surface area contributed by atoms with E-state index in [1.54, 1.807) is 0 Å². The lowest BCUT2D eigenvalue weighted by atomic mass is 10.2. The van der Waals surface area contributed by atoms with Crippen LogP contribution in [0.4, 0.5) is 20.2 Å². The van der Waals surface area contributed by atoms with Gasteiger partial charge in [-0.05, 0) is 42.5 Å². The van der Waals surface area contributed by atoms with Gasteiger partial charge in [-0.3, -0.25) is 9.52 Å². The number of rotatable bonds is 8. The third-order valence-electron chi connectivity index (χ3n) is 3.10. The average Bonchev–Trinajstić information content (AvgIpc) is 2.59. The van der Waals surface area contributed by atoms with Crippen LogP contribution in [0, 0.1) is 0 Å². The summed E-state index contributed by atoms with van der Waals surface area (Å²) in [5.74, 6) is -3.96. The van der Waals surface area contributed by atoms with Crippen LogP contribution >= 0.6 is 11.8 Å². The maximum Gasteiger partial charge on any atom is 0.338 e. The summed E-state index contributed by atoms with van der Waals surface area (Å²) >= 11 is 0.384. The molecule has 0 bridgehead atoms. The summed E-state index contributed by atoms with van der Waals surface area (Å²) in [7, 11) is -3.50. The number of alkyl halides is 2. The fourth-order valence-electron chi connectivity index (χ4n) is 2.05. The van der Waals surface area contributed by atoms with Crippen molar-refractivity contribution in [2.75, 3.05) is 22.9 Å². The number of ether oxygens (including phenoxy) is 1. The topological polar surface area (TPSA) is 102 Å². The molecule has 0 aliphatic heterocycles. The molecule has 0 fully saturated rings. The molecule has 0 atom stereocenters. The number of nitrogens with one attached hydrogen (secondary N) is 2. The van der Waals surface area contributed by atoms with E-state index in [1.165, 1.54) is 48.5 Å². The first-order valence-electron chi connectivity index (χ1n) is 7.72. The summed E-state index contributed by atoms with van der Waals surface area (Å²) in [5, 5.41) is 2.47. The van der Waals surface area contributed by atoms with E-state index in [-0.39, 0.29) is 11.3 Å². The van der Waals surface area contributed by atoms with Crippen LogP contribution in [-0.4, -0.2) is 38.9 Å². The summed E-state index contributed by atoms with van der Waals surface area (Å²) in [6.45, 7) is -0.573. The zero-order valence-corrected chi connectivity index (χ0v) is 16.1. The number of thioether (sulfide) groups is 1. The maximum absolute atomic E-state index is 12.3. The fraction of sp³-hybridized carbons (Fsp3) is 0.176. The van der Waals surface area contributed by atoms with E-state index in [2.05, 4.69) is 10.0 Å². The van der Waals surface area contributed by atoms with Gasteiger partial charge in [-0.1, -0.05) is 17.8 Å². The Balaban J connectivity index is 1.88. The zero-order valence-electron chi connectivity index (χ0n) is 14.5. The monoisotopic (exact) mass is 430 g/mol. The first kappa shape index (κ1) is 21.6. The maximum atomic E-state index is 12.3. The predicted molar refractivity (Wildman–Crippen MR) is 102 cm³/mol. The highest BCUT2D eigenvalue weighted by Crippen LogP contribution is 2.26. The summed E-state index contributed by atoms with van der Waals surface area (Å²) in [4.78, 5) is 24.2. The van der Waals surface area contributed by atoms with Crippen molar-refractivity contribution in [2.45, 2.75) is 10.7 Å². The Kier molecular flexibility index (Phi) is 7.35.